The van der Waals surface area contributed by atoms with Gasteiger partial charge in [-0.2, -0.15) is 0 Å². The third-order valence-electron chi connectivity index (χ3n) is 2.59. The summed E-state index contributed by atoms with van der Waals surface area (Å²) in [5, 5.41) is 2.98. The molecule has 1 fully saturated rings. The lowest BCUT2D eigenvalue weighted by Crippen LogP contribution is -2.39. The highest BCUT2D eigenvalue weighted by molar-refractivity contribution is 5.78. The van der Waals surface area contributed by atoms with E-state index in [2.05, 4.69) is 17.1 Å². The summed E-state index contributed by atoms with van der Waals surface area (Å²) in [6.45, 7) is 6.90. The number of carbonyl (C=O) groups is 1. The van der Waals surface area contributed by atoms with Crippen LogP contribution < -0.4 is 5.32 Å². The van der Waals surface area contributed by atoms with Gasteiger partial charge in [0.05, 0.1) is 6.54 Å². The van der Waals surface area contributed by atoms with Crippen molar-refractivity contribution in [3.8, 4) is 0 Å². The van der Waals surface area contributed by atoms with Crippen LogP contribution in [0.1, 0.15) is 33.1 Å². The fraction of sp³-hybridized carbons (Fsp3) is 0.900. The molecule has 0 bridgehead atoms. The van der Waals surface area contributed by atoms with Gasteiger partial charge in [0, 0.05) is 6.04 Å². The zero-order chi connectivity index (χ0) is 9.68. The number of likely N-dealkylation sites (tertiary alicyclic amines) is 1. The molecule has 1 aliphatic heterocycles. The second-order valence-corrected chi connectivity index (χ2v) is 3.86. The van der Waals surface area contributed by atoms with Gasteiger partial charge in [0.25, 0.3) is 0 Å². The maximum absolute atomic E-state index is 11.4. The molecule has 1 heterocycles. The molecule has 0 aromatic carbocycles. The van der Waals surface area contributed by atoms with Crippen LogP contribution in [0.25, 0.3) is 0 Å². The summed E-state index contributed by atoms with van der Waals surface area (Å²) in [6.07, 6.45) is 3.50. The van der Waals surface area contributed by atoms with E-state index in [1.165, 1.54) is 12.8 Å². The minimum Gasteiger partial charge on any atom is -0.353 e. The molecule has 1 N–H and O–H groups in total. The monoisotopic (exact) mass is 184 g/mol. The minimum absolute atomic E-state index is 0.177. The molecule has 3 nitrogen and oxygen atoms in total. The molecule has 1 amide bonds. The molecule has 1 saturated heterocycles. The van der Waals surface area contributed by atoms with Crippen molar-refractivity contribution in [3.63, 3.8) is 0 Å². The first-order chi connectivity index (χ1) is 6.22. The Hall–Kier alpha value is -0.570. The van der Waals surface area contributed by atoms with Crippen LogP contribution in [0.5, 0.6) is 0 Å². The van der Waals surface area contributed by atoms with Crippen LogP contribution in [0, 0.1) is 0 Å². The van der Waals surface area contributed by atoms with Crippen molar-refractivity contribution in [3.05, 3.63) is 0 Å². The fourth-order valence-corrected chi connectivity index (χ4v) is 1.57. The quantitative estimate of drug-likeness (QED) is 0.707. The van der Waals surface area contributed by atoms with Crippen molar-refractivity contribution >= 4 is 5.91 Å². The van der Waals surface area contributed by atoms with Crippen molar-refractivity contribution in [1.82, 2.24) is 10.2 Å². The first-order valence-electron chi connectivity index (χ1n) is 5.24. The number of nitrogens with zero attached hydrogens (tertiary/aromatic N) is 1. The second-order valence-electron chi connectivity index (χ2n) is 3.86. The van der Waals surface area contributed by atoms with Gasteiger partial charge in [-0.15, -0.1) is 0 Å². The highest BCUT2D eigenvalue weighted by Gasteiger charge is 2.15. The van der Waals surface area contributed by atoms with E-state index >= 15 is 0 Å². The molecular formula is C10H20N2O. The van der Waals surface area contributed by atoms with E-state index in [-0.39, 0.29) is 5.91 Å². The predicted octanol–water partition coefficient (Wildman–Crippen LogP) is 0.997. The highest BCUT2D eigenvalue weighted by atomic mass is 16.2. The fourth-order valence-electron chi connectivity index (χ4n) is 1.57. The van der Waals surface area contributed by atoms with E-state index in [4.69, 9.17) is 0 Å². The highest BCUT2D eigenvalue weighted by Crippen LogP contribution is 2.05. The van der Waals surface area contributed by atoms with Gasteiger partial charge in [-0.1, -0.05) is 6.92 Å². The van der Waals surface area contributed by atoms with Crippen LogP contribution in [0.3, 0.4) is 0 Å². The van der Waals surface area contributed by atoms with Crippen molar-refractivity contribution in [2.45, 2.75) is 39.2 Å². The maximum atomic E-state index is 11.4. The van der Waals surface area contributed by atoms with E-state index in [9.17, 15) is 4.79 Å². The van der Waals surface area contributed by atoms with Gasteiger partial charge in [0.15, 0.2) is 0 Å². The molecule has 0 aliphatic carbocycles. The average molecular weight is 184 g/mol. The number of rotatable bonds is 4. The van der Waals surface area contributed by atoms with Gasteiger partial charge in [0.1, 0.15) is 0 Å². The first kappa shape index (κ1) is 10.5. The lowest BCUT2D eigenvalue weighted by Gasteiger charge is -2.16. The molecule has 0 aromatic heterocycles. The zero-order valence-corrected chi connectivity index (χ0v) is 8.68. The van der Waals surface area contributed by atoms with Gasteiger partial charge >= 0.3 is 0 Å². The van der Waals surface area contributed by atoms with Gasteiger partial charge in [-0.05, 0) is 39.3 Å². The Morgan fingerprint density at radius 2 is 2.08 bits per heavy atom. The van der Waals surface area contributed by atoms with Crippen molar-refractivity contribution < 1.29 is 4.79 Å². The third-order valence-corrected chi connectivity index (χ3v) is 2.59. The molecule has 1 unspecified atom stereocenters. The van der Waals surface area contributed by atoms with Crippen molar-refractivity contribution in [2.75, 3.05) is 19.6 Å². The summed E-state index contributed by atoms with van der Waals surface area (Å²) in [7, 11) is 0. The van der Waals surface area contributed by atoms with E-state index in [1.54, 1.807) is 0 Å². The number of carbonyl (C=O) groups excluding carboxylic acids is 1. The van der Waals surface area contributed by atoms with Crippen LogP contribution in [-0.4, -0.2) is 36.5 Å². The third kappa shape index (κ3) is 3.77. The van der Waals surface area contributed by atoms with Gasteiger partial charge in [-0.25, -0.2) is 0 Å². The topological polar surface area (TPSA) is 32.3 Å². The van der Waals surface area contributed by atoms with Gasteiger partial charge < -0.3 is 5.32 Å². The van der Waals surface area contributed by atoms with E-state index < -0.39 is 0 Å². The molecule has 0 radical (unpaired) electrons. The van der Waals surface area contributed by atoms with Gasteiger partial charge in [0.2, 0.25) is 5.91 Å². The molecule has 13 heavy (non-hydrogen) atoms. The Balaban J connectivity index is 2.16. The number of amides is 1. The molecule has 1 rings (SSSR count). The molecular weight excluding hydrogens is 164 g/mol. The molecule has 76 valence electrons. The first-order valence-corrected chi connectivity index (χ1v) is 5.24. The number of hydrogen-bond acceptors (Lipinski definition) is 2. The normalized spacial score (nSPS) is 20.2. The van der Waals surface area contributed by atoms with E-state index in [0.717, 1.165) is 19.5 Å². The smallest absolute Gasteiger partial charge is 0.234 e. The van der Waals surface area contributed by atoms with Crippen LogP contribution in [0.2, 0.25) is 0 Å². The standard InChI is InChI=1S/C10H20N2O/c1-3-9(2)11-10(13)8-12-6-4-5-7-12/h9H,3-8H2,1-2H3,(H,11,13). The number of nitrogens with one attached hydrogen (secondary N) is 1. The Morgan fingerprint density at radius 3 is 2.62 bits per heavy atom. The summed E-state index contributed by atoms with van der Waals surface area (Å²) < 4.78 is 0. The Kier molecular flexibility index (Phi) is 4.22. The molecule has 1 aliphatic rings. The molecule has 0 saturated carbocycles. The van der Waals surface area contributed by atoms with Gasteiger partial charge in [-0.3, -0.25) is 9.69 Å². The van der Waals surface area contributed by atoms with Crippen molar-refractivity contribution in [2.24, 2.45) is 0 Å². The average Bonchev–Trinajstić information content (AvgIpc) is 2.56. The SMILES string of the molecule is CCC(C)NC(=O)CN1CCCC1. The maximum Gasteiger partial charge on any atom is 0.234 e. The summed E-state index contributed by atoms with van der Waals surface area (Å²) in [6, 6.07) is 0.315. The van der Waals surface area contributed by atoms with Crippen LogP contribution in [0.4, 0.5) is 0 Å². The summed E-state index contributed by atoms with van der Waals surface area (Å²) in [4.78, 5) is 13.6. The van der Waals surface area contributed by atoms with E-state index in [0.29, 0.717) is 12.6 Å². The van der Waals surface area contributed by atoms with Crippen LogP contribution in [0.15, 0.2) is 0 Å². The van der Waals surface area contributed by atoms with Crippen LogP contribution >= 0.6 is 0 Å². The predicted molar refractivity (Wildman–Crippen MR) is 53.6 cm³/mol. The number of hydrogen-bond donors (Lipinski definition) is 1. The molecule has 3 heteroatoms. The minimum atomic E-state index is 0.177. The lowest BCUT2D eigenvalue weighted by atomic mass is 10.2. The molecule has 0 aromatic rings. The Labute approximate surface area is 80.5 Å². The molecule has 1 atom stereocenters. The Bertz CT molecular complexity index is 164. The zero-order valence-electron chi connectivity index (χ0n) is 8.68. The lowest BCUT2D eigenvalue weighted by molar-refractivity contribution is -0.122. The Morgan fingerprint density at radius 1 is 1.46 bits per heavy atom. The largest absolute Gasteiger partial charge is 0.353 e. The summed E-state index contributed by atoms with van der Waals surface area (Å²) in [5.41, 5.74) is 0. The van der Waals surface area contributed by atoms with E-state index in [1.807, 2.05) is 6.92 Å². The second kappa shape index (κ2) is 5.22. The molecule has 0 spiro atoms. The van der Waals surface area contributed by atoms with Crippen LogP contribution in [-0.2, 0) is 4.79 Å². The summed E-state index contributed by atoms with van der Waals surface area (Å²) >= 11 is 0. The summed E-state index contributed by atoms with van der Waals surface area (Å²) in [5.74, 6) is 0.177. The van der Waals surface area contributed by atoms with Crippen molar-refractivity contribution in [1.29, 1.82) is 0 Å².